The first-order chi connectivity index (χ1) is 5.68. The lowest BCUT2D eigenvalue weighted by Gasteiger charge is -2.03. The second-order valence-electron chi connectivity index (χ2n) is 2.21. The second-order valence-corrected chi connectivity index (χ2v) is 2.21. The van der Waals surface area contributed by atoms with Crippen LogP contribution in [0.25, 0.3) is 0 Å². The Morgan fingerprint density at radius 3 is 2.92 bits per heavy atom. The van der Waals surface area contributed by atoms with Gasteiger partial charge in [0.2, 0.25) is 0 Å². The van der Waals surface area contributed by atoms with Crippen molar-refractivity contribution in [2.24, 2.45) is 0 Å². The second kappa shape index (κ2) is 3.71. The van der Waals surface area contributed by atoms with Crippen molar-refractivity contribution in [3.63, 3.8) is 0 Å². The number of hydrogen-bond donors (Lipinski definition) is 1. The summed E-state index contributed by atoms with van der Waals surface area (Å²) in [6, 6.07) is 5.63. The van der Waals surface area contributed by atoms with E-state index in [1.165, 1.54) is 25.1 Å². The standard InChI is InChI=1S/C8H8FNO2/c1-6(11)12-10-8-4-2-3-7(9)5-8/h2-5,10H,1H3. The van der Waals surface area contributed by atoms with Crippen LogP contribution in [0.1, 0.15) is 6.92 Å². The number of rotatable bonds is 2. The molecule has 64 valence electrons. The van der Waals surface area contributed by atoms with Gasteiger partial charge in [0.05, 0.1) is 5.69 Å². The zero-order valence-electron chi connectivity index (χ0n) is 6.50. The Morgan fingerprint density at radius 1 is 1.58 bits per heavy atom. The van der Waals surface area contributed by atoms with Gasteiger partial charge >= 0.3 is 5.97 Å². The van der Waals surface area contributed by atoms with Gasteiger partial charge in [0.25, 0.3) is 0 Å². The lowest BCUT2D eigenvalue weighted by atomic mass is 10.3. The van der Waals surface area contributed by atoms with Gasteiger partial charge < -0.3 is 4.84 Å². The lowest BCUT2D eigenvalue weighted by molar-refractivity contribution is -0.138. The number of benzene rings is 1. The predicted octanol–water partition coefficient (Wildman–Crippen LogP) is 1.72. The Hall–Kier alpha value is -1.58. The SMILES string of the molecule is CC(=O)ONc1cccc(F)c1. The Bertz CT molecular complexity index is 288. The smallest absolute Gasteiger partial charge is 0.329 e. The van der Waals surface area contributed by atoms with Crippen molar-refractivity contribution >= 4 is 11.7 Å². The first-order valence-corrected chi connectivity index (χ1v) is 3.37. The Kier molecular flexibility index (Phi) is 2.63. The molecule has 0 spiro atoms. The van der Waals surface area contributed by atoms with Crippen LogP contribution in [-0.2, 0) is 9.63 Å². The number of carbonyl (C=O) groups is 1. The van der Waals surface area contributed by atoms with E-state index < -0.39 is 5.97 Å². The van der Waals surface area contributed by atoms with E-state index in [0.717, 1.165) is 0 Å². The summed E-state index contributed by atoms with van der Waals surface area (Å²) in [4.78, 5) is 14.8. The number of hydrogen-bond acceptors (Lipinski definition) is 3. The van der Waals surface area contributed by atoms with Crippen molar-refractivity contribution in [3.8, 4) is 0 Å². The number of nitrogens with one attached hydrogen (secondary N) is 1. The Balaban J connectivity index is 2.57. The van der Waals surface area contributed by atoms with Crippen LogP contribution in [-0.4, -0.2) is 5.97 Å². The van der Waals surface area contributed by atoms with Gasteiger partial charge in [0.15, 0.2) is 0 Å². The third-order valence-corrected chi connectivity index (χ3v) is 1.14. The van der Waals surface area contributed by atoms with Gasteiger partial charge in [-0.3, -0.25) is 4.79 Å². The van der Waals surface area contributed by atoms with Crippen LogP contribution < -0.4 is 5.48 Å². The van der Waals surface area contributed by atoms with E-state index >= 15 is 0 Å². The average Bonchev–Trinajstić information content (AvgIpc) is 2.01. The minimum absolute atomic E-state index is 0.382. The highest BCUT2D eigenvalue weighted by Crippen LogP contribution is 2.08. The highest BCUT2D eigenvalue weighted by Gasteiger charge is 1.95. The summed E-state index contributed by atoms with van der Waals surface area (Å²) < 4.78 is 12.5. The molecule has 1 aromatic rings. The fourth-order valence-electron chi connectivity index (χ4n) is 0.683. The third-order valence-electron chi connectivity index (χ3n) is 1.14. The highest BCUT2D eigenvalue weighted by molar-refractivity contribution is 5.67. The summed E-state index contributed by atoms with van der Waals surface area (Å²) >= 11 is 0. The molecule has 0 saturated heterocycles. The summed E-state index contributed by atoms with van der Waals surface area (Å²) in [5.41, 5.74) is 2.70. The van der Waals surface area contributed by atoms with Crippen LogP contribution in [0.4, 0.5) is 10.1 Å². The van der Waals surface area contributed by atoms with Crippen molar-refractivity contribution in [2.75, 3.05) is 5.48 Å². The molecular formula is C8H8FNO2. The first-order valence-electron chi connectivity index (χ1n) is 3.37. The van der Waals surface area contributed by atoms with Crippen LogP contribution in [0.15, 0.2) is 24.3 Å². The van der Waals surface area contributed by atoms with Crippen molar-refractivity contribution in [1.82, 2.24) is 0 Å². The van der Waals surface area contributed by atoms with Crippen LogP contribution in [0, 0.1) is 5.82 Å². The van der Waals surface area contributed by atoms with E-state index in [1.54, 1.807) is 6.07 Å². The monoisotopic (exact) mass is 169 g/mol. The van der Waals surface area contributed by atoms with Gasteiger partial charge in [0.1, 0.15) is 5.82 Å². The predicted molar refractivity (Wildman–Crippen MR) is 41.8 cm³/mol. The molecule has 0 aromatic heterocycles. The minimum Gasteiger partial charge on any atom is -0.344 e. The quantitative estimate of drug-likeness (QED) is 0.685. The lowest BCUT2D eigenvalue weighted by Crippen LogP contribution is -2.05. The number of carbonyl (C=O) groups excluding carboxylic acids is 1. The summed E-state index contributed by atoms with van der Waals surface area (Å²) in [7, 11) is 0. The maximum atomic E-state index is 12.5. The summed E-state index contributed by atoms with van der Waals surface area (Å²) in [6.45, 7) is 1.26. The molecule has 0 saturated carbocycles. The average molecular weight is 169 g/mol. The van der Waals surface area contributed by atoms with Crippen LogP contribution in [0.5, 0.6) is 0 Å². The van der Waals surface area contributed by atoms with Crippen molar-refractivity contribution in [3.05, 3.63) is 30.1 Å². The molecule has 0 aliphatic heterocycles. The molecule has 0 bridgehead atoms. The molecule has 12 heavy (non-hydrogen) atoms. The molecule has 1 aromatic carbocycles. The third kappa shape index (κ3) is 2.57. The van der Waals surface area contributed by atoms with E-state index in [9.17, 15) is 9.18 Å². The van der Waals surface area contributed by atoms with E-state index in [-0.39, 0.29) is 5.82 Å². The molecule has 4 heteroatoms. The van der Waals surface area contributed by atoms with E-state index in [1.807, 2.05) is 0 Å². The Labute approximate surface area is 69.1 Å². The zero-order valence-corrected chi connectivity index (χ0v) is 6.50. The van der Waals surface area contributed by atoms with Crippen LogP contribution in [0.3, 0.4) is 0 Å². The highest BCUT2D eigenvalue weighted by atomic mass is 19.1. The van der Waals surface area contributed by atoms with Crippen molar-refractivity contribution in [2.45, 2.75) is 6.92 Å². The summed E-state index contributed by atoms with van der Waals surface area (Å²) in [5.74, 6) is -0.855. The van der Waals surface area contributed by atoms with E-state index in [0.29, 0.717) is 5.69 Å². The first kappa shape index (κ1) is 8.52. The number of anilines is 1. The molecule has 0 amide bonds. The van der Waals surface area contributed by atoms with Crippen LogP contribution in [0.2, 0.25) is 0 Å². The largest absolute Gasteiger partial charge is 0.344 e. The van der Waals surface area contributed by atoms with E-state index in [2.05, 4.69) is 10.3 Å². The molecule has 0 radical (unpaired) electrons. The fraction of sp³-hybridized carbons (Fsp3) is 0.125. The van der Waals surface area contributed by atoms with Crippen molar-refractivity contribution < 1.29 is 14.0 Å². The topological polar surface area (TPSA) is 38.3 Å². The maximum Gasteiger partial charge on any atom is 0.329 e. The molecule has 1 N–H and O–H groups in total. The molecule has 0 unspecified atom stereocenters. The van der Waals surface area contributed by atoms with Gasteiger partial charge in [-0.15, -0.1) is 0 Å². The fourth-order valence-corrected chi connectivity index (χ4v) is 0.683. The molecule has 1 rings (SSSR count). The molecule has 0 atom stereocenters. The minimum atomic E-state index is -0.473. The maximum absolute atomic E-state index is 12.5. The molecule has 0 aliphatic carbocycles. The van der Waals surface area contributed by atoms with Gasteiger partial charge in [0, 0.05) is 13.0 Å². The van der Waals surface area contributed by atoms with Crippen LogP contribution >= 0.6 is 0 Å². The zero-order chi connectivity index (χ0) is 8.97. The summed E-state index contributed by atoms with van der Waals surface area (Å²) in [5, 5.41) is 0. The van der Waals surface area contributed by atoms with Gasteiger partial charge in [-0.25, -0.2) is 9.87 Å². The molecule has 0 fully saturated rings. The summed E-state index contributed by atoms with van der Waals surface area (Å²) in [6.07, 6.45) is 0. The Morgan fingerprint density at radius 2 is 2.33 bits per heavy atom. The molecule has 0 heterocycles. The van der Waals surface area contributed by atoms with E-state index in [4.69, 9.17) is 0 Å². The van der Waals surface area contributed by atoms with Gasteiger partial charge in [-0.05, 0) is 12.1 Å². The normalized spacial score (nSPS) is 9.17. The van der Waals surface area contributed by atoms with Gasteiger partial charge in [-0.2, -0.15) is 0 Å². The number of halogens is 1. The van der Waals surface area contributed by atoms with Gasteiger partial charge in [-0.1, -0.05) is 6.07 Å². The van der Waals surface area contributed by atoms with Crippen molar-refractivity contribution in [1.29, 1.82) is 0 Å². The molecular weight excluding hydrogens is 161 g/mol. The molecule has 0 aliphatic rings. The molecule has 3 nitrogen and oxygen atoms in total.